The molecule has 2 aliphatic rings. The van der Waals surface area contributed by atoms with Gasteiger partial charge < -0.3 is 14.4 Å². The number of para-hydroxylation sites is 2. The first-order chi connectivity index (χ1) is 12.7. The molecule has 0 radical (unpaired) electrons. The highest BCUT2D eigenvalue weighted by molar-refractivity contribution is 5.85. The summed E-state index contributed by atoms with van der Waals surface area (Å²) in [7, 11) is 2.14. The minimum absolute atomic E-state index is 0.206. The number of benzene rings is 2. The standard InChI is InChI=1S/C21H24N2O3/c1-22-10-12-23(13-11-22)14-15-25-21(24)20-16-6-2-4-8-18(16)26-19-9-5-3-7-17(19)20/h2-9,20H,10-15H2,1H3. The van der Waals surface area contributed by atoms with Crippen LogP contribution >= 0.6 is 0 Å². The summed E-state index contributed by atoms with van der Waals surface area (Å²) in [4.78, 5) is 17.6. The van der Waals surface area contributed by atoms with Gasteiger partial charge in [-0.05, 0) is 19.2 Å². The predicted molar refractivity (Wildman–Crippen MR) is 99.7 cm³/mol. The smallest absolute Gasteiger partial charge is 0.318 e. The maximum Gasteiger partial charge on any atom is 0.318 e. The third kappa shape index (κ3) is 3.45. The van der Waals surface area contributed by atoms with Crippen molar-refractivity contribution in [1.29, 1.82) is 0 Å². The molecule has 0 spiro atoms. The zero-order valence-electron chi connectivity index (χ0n) is 15.1. The zero-order chi connectivity index (χ0) is 17.9. The number of esters is 1. The number of carbonyl (C=O) groups excluding carboxylic acids is 1. The van der Waals surface area contributed by atoms with Crippen molar-refractivity contribution in [3.63, 3.8) is 0 Å². The van der Waals surface area contributed by atoms with Crippen molar-refractivity contribution in [1.82, 2.24) is 9.80 Å². The van der Waals surface area contributed by atoms with Crippen LogP contribution in [0.25, 0.3) is 0 Å². The Bertz CT molecular complexity index is 739. The Hall–Kier alpha value is -2.37. The van der Waals surface area contributed by atoms with Gasteiger partial charge in [0.25, 0.3) is 0 Å². The van der Waals surface area contributed by atoms with Gasteiger partial charge >= 0.3 is 5.97 Å². The van der Waals surface area contributed by atoms with Crippen LogP contribution < -0.4 is 4.74 Å². The van der Waals surface area contributed by atoms with E-state index in [-0.39, 0.29) is 5.97 Å². The molecule has 0 amide bonds. The van der Waals surface area contributed by atoms with E-state index in [4.69, 9.17) is 9.47 Å². The third-order valence-electron chi connectivity index (χ3n) is 5.16. The summed E-state index contributed by atoms with van der Waals surface area (Å²) >= 11 is 0. The fourth-order valence-corrected chi connectivity index (χ4v) is 3.59. The van der Waals surface area contributed by atoms with Gasteiger partial charge in [0.15, 0.2) is 0 Å². The van der Waals surface area contributed by atoms with Gasteiger partial charge in [-0.3, -0.25) is 9.69 Å². The lowest BCUT2D eigenvalue weighted by atomic mass is 9.88. The van der Waals surface area contributed by atoms with Gasteiger partial charge in [0, 0.05) is 43.9 Å². The summed E-state index contributed by atoms with van der Waals surface area (Å²) in [6.45, 7) is 5.38. The number of hydrogen-bond acceptors (Lipinski definition) is 5. The van der Waals surface area contributed by atoms with E-state index in [1.165, 1.54) is 0 Å². The van der Waals surface area contributed by atoms with E-state index in [1.807, 2.05) is 48.5 Å². The zero-order valence-corrected chi connectivity index (χ0v) is 15.1. The first-order valence-electron chi connectivity index (χ1n) is 9.15. The number of carbonyl (C=O) groups is 1. The molecule has 0 N–H and O–H groups in total. The lowest BCUT2D eigenvalue weighted by Crippen LogP contribution is -2.45. The molecule has 0 aliphatic carbocycles. The summed E-state index contributed by atoms with van der Waals surface area (Å²) in [5.74, 6) is 0.824. The average Bonchev–Trinajstić information content (AvgIpc) is 2.67. The van der Waals surface area contributed by atoms with E-state index in [2.05, 4.69) is 16.8 Å². The van der Waals surface area contributed by atoms with Crippen molar-refractivity contribution in [2.24, 2.45) is 0 Å². The molecular formula is C21H24N2O3. The van der Waals surface area contributed by atoms with Crippen molar-refractivity contribution in [2.75, 3.05) is 46.4 Å². The van der Waals surface area contributed by atoms with Crippen molar-refractivity contribution in [3.8, 4) is 11.5 Å². The van der Waals surface area contributed by atoms with Crippen LogP contribution in [0.15, 0.2) is 48.5 Å². The molecule has 0 saturated carbocycles. The lowest BCUT2D eigenvalue weighted by Gasteiger charge is -2.32. The van der Waals surface area contributed by atoms with Gasteiger partial charge in [-0.1, -0.05) is 36.4 Å². The van der Waals surface area contributed by atoms with Crippen molar-refractivity contribution in [3.05, 3.63) is 59.7 Å². The minimum atomic E-state index is -0.427. The number of ether oxygens (including phenoxy) is 2. The van der Waals surface area contributed by atoms with Gasteiger partial charge in [0.1, 0.15) is 24.0 Å². The number of piperazine rings is 1. The second-order valence-corrected chi connectivity index (χ2v) is 6.92. The second kappa shape index (κ2) is 7.48. The maximum atomic E-state index is 12.9. The van der Waals surface area contributed by atoms with Gasteiger partial charge in [0.05, 0.1) is 0 Å². The first kappa shape index (κ1) is 17.1. The SMILES string of the molecule is CN1CCN(CCOC(=O)C2c3ccccc3Oc3ccccc32)CC1. The summed E-state index contributed by atoms with van der Waals surface area (Å²) < 4.78 is 11.6. The Balaban J connectivity index is 1.46. The van der Waals surface area contributed by atoms with Crippen LogP contribution in [0.1, 0.15) is 17.0 Å². The molecular weight excluding hydrogens is 328 g/mol. The van der Waals surface area contributed by atoms with Crippen LogP contribution in [0.4, 0.5) is 0 Å². The highest BCUT2D eigenvalue weighted by atomic mass is 16.5. The Labute approximate surface area is 154 Å². The van der Waals surface area contributed by atoms with Gasteiger partial charge in [-0.15, -0.1) is 0 Å². The van der Waals surface area contributed by atoms with Gasteiger partial charge in [-0.2, -0.15) is 0 Å². The van der Waals surface area contributed by atoms with E-state index in [0.717, 1.165) is 55.3 Å². The maximum absolute atomic E-state index is 12.9. The first-order valence-corrected chi connectivity index (χ1v) is 9.15. The molecule has 2 aliphatic heterocycles. The number of hydrogen-bond donors (Lipinski definition) is 0. The van der Waals surface area contributed by atoms with E-state index in [1.54, 1.807) is 0 Å². The summed E-state index contributed by atoms with van der Waals surface area (Å²) in [6, 6.07) is 15.4. The van der Waals surface area contributed by atoms with Crippen molar-refractivity contribution >= 4 is 5.97 Å². The van der Waals surface area contributed by atoms with Crippen LogP contribution in [0.2, 0.25) is 0 Å². The quantitative estimate of drug-likeness (QED) is 0.792. The highest BCUT2D eigenvalue weighted by Gasteiger charge is 2.33. The summed E-state index contributed by atoms with van der Waals surface area (Å²) in [6.07, 6.45) is 0. The number of likely N-dealkylation sites (N-methyl/N-ethyl adjacent to an activating group) is 1. The largest absolute Gasteiger partial charge is 0.464 e. The van der Waals surface area contributed by atoms with Crippen LogP contribution in [-0.4, -0.2) is 62.1 Å². The molecule has 1 fully saturated rings. The van der Waals surface area contributed by atoms with Gasteiger partial charge in [0.2, 0.25) is 0 Å². The summed E-state index contributed by atoms with van der Waals surface area (Å²) in [5, 5.41) is 0. The minimum Gasteiger partial charge on any atom is -0.464 e. The molecule has 2 aromatic rings. The molecule has 5 heteroatoms. The fraction of sp³-hybridized carbons (Fsp3) is 0.381. The Morgan fingerprint density at radius 3 is 2.19 bits per heavy atom. The molecule has 2 aromatic carbocycles. The van der Waals surface area contributed by atoms with Crippen LogP contribution in [0.3, 0.4) is 0 Å². The number of fused-ring (bicyclic) bond motifs is 2. The van der Waals surface area contributed by atoms with Crippen LogP contribution in [0, 0.1) is 0 Å². The number of nitrogens with zero attached hydrogens (tertiary/aromatic N) is 2. The molecule has 0 unspecified atom stereocenters. The predicted octanol–water partition coefficient (Wildman–Crippen LogP) is 2.71. The van der Waals surface area contributed by atoms with E-state index in [9.17, 15) is 4.79 Å². The van der Waals surface area contributed by atoms with Crippen LogP contribution in [-0.2, 0) is 9.53 Å². The number of rotatable bonds is 4. The molecule has 4 rings (SSSR count). The molecule has 2 heterocycles. The second-order valence-electron chi connectivity index (χ2n) is 6.92. The molecule has 0 aromatic heterocycles. The Morgan fingerprint density at radius 2 is 1.58 bits per heavy atom. The molecule has 0 atom stereocenters. The average molecular weight is 352 g/mol. The van der Waals surface area contributed by atoms with Gasteiger partial charge in [-0.25, -0.2) is 0 Å². The molecule has 26 heavy (non-hydrogen) atoms. The Morgan fingerprint density at radius 1 is 1.00 bits per heavy atom. The molecule has 0 bridgehead atoms. The third-order valence-corrected chi connectivity index (χ3v) is 5.16. The van der Waals surface area contributed by atoms with E-state index < -0.39 is 5.92 Å². The molecule has 136 valence electrons. The van der Waals surface area contributed by atoms with Crippen molar-refractivity contribution < 1.29 is 14.3 Å². The topological polar surface area (TPSA) is 42.0 Å². The van der Waals surface area contributed by atoms with E-state index >= 15 is 0 Å². The van der Waals surface area contributed by atoms with E-state index in [0.29, 0.717) is 6.61 Å². The lowest BCUT2D eigenvalue weighted by molar-refractivity contribution is -0.145. The summed E-state index contributed by atoms with van der Waals surface area (Å²) in [5.41, 5.74) is 1.74. The Kier molecular flexibility index (Phi) is 4.91. The fourth-order valence-electron chi connectivity index (χ4n) is 3.59. The molecule has 1 saturated heterocycles. The molecule has 5 nitrogen and oxygen atoms in total. The monoisotopic (exact) mass is 352 g/mol. The van der Waals surface area contributed by atoms with Crippen LogP contribution in [0.5, 0.6) is 11.5 Å². The normalized spacial score (nSPS) is 17.9. The van der Waals surface area contributed by atoms with Crippen molar-refractivity contribution in [2.45, 2.75) is 5.92 Å². The highest BCUT2D eigenvalue weighted by Crippen LogP contribution is 2.44.